The summed E-state index contributed by atoms with van der Waals surface area (Å²) in [5, 5.41) is 8.76. The number of carbonyl (C=O) groups excluding carboxylic acids is 1. The summed E-state index contributed by atoms with van der Waals surface area (Å²) in [5.74, 6) is -0.0443. The van der Waals surface area contributed by atoms with E-state index in [0.717, 1.165) is 9.13 Å². The molecule has 0 radical (unpaired) electrons. The van der Waals surface area contributed by atoms with E-state index < -0.39 is 0 Å². The monoisotopic (exact) mass is 319 g/mol. The van der Waals surface area contributed by atoms with Crippen molar-refractivity contribution in [2.24, 2.45) is 0 Å². The molecule has 0 aliphatic heterocycles. The van der Waals surface area contributed by atoms with Gasteiger partial charge < -0.3 is 10.0 Å². The lowest BCUT2D eigenvalue weighted by Gasteiger charge is -2.16. The number of aliphatic hydroxyl groups excluding tert-OH is 1. The lowest BCUT2D eigenvalue weighted by molar-refractivity contribution is 0.0766. The van der Waals surface area contributed by atoms with E-state index in [1.54, 1.807) is 7.05 Å². The maximum atomic E-state index is 11.9. The number of aliphatic hydroxyl groups is 1. The first kappa shape index (κ1) is 12.4. The molecule has 1 rings (SSSR count). The molecule has 0 aliphatic carbocycles. The van der Waals surface area contributed by atoms with Crippen LogP contribution < -0.4 is 0 Å². The van der Waals surface area contributed by atoms with Crippen molar-refractivity contribution in [1.29, 1.82) is 0 Å². The quantitative estimate of drug-likeness (QED) is 0.861. The summed E-state index contributed by atoms with van der Waals surface area (Å²) in [7, 11) is 1.69. The Hall–Kier alpha value is -0.620. The molecule has 0 unspecified atom stereocenters. The van der Waals surface area contributed by atoms with Gasteiger partial charge in [-0.15, -0.1) is 0 Å². The molecule has 1 aromatic rings. The summed E-state index contributed by atoms with van der Waals surface area (Å²) in [5.41, 5.74) is 1.77. The molecule has 3 nitrogen and oxygen atoms in total. The molecular weight excluding hydrogens is 305 g/mol. The Morgan fingerprint density at radius 2 is 2.20 bits per heavy atom. The van der Waals surface area contributed by atoms with Gasteiger partial charge in [0.15, 0.2) is 0 Å². The first-order valence-corrected chi connectivity index (χ1v) is 5.76. The van der Waals surface area contributed by atoms with Crippen LogP contribution in [0.3, 0.4) is 0 Å². The van der Waals surface area contributed by atoms with Crippen LogP contribution in [0.2, 0.25) is 0 Å². The van der Waals surface area contributed by atoms with Crippen LogP contribution in [0.1, 0.15) is 15.9 Å². The zero-order valence-corrected chi connectivity index (χ0v) is 11.0. The van der Waals surface area contributed by atoms with E-state index in [0.29, 0.717) is 12.1 Å². The standard InChI is InChI=1S/C11H14INO2/c1-8-3-4-10(12)9(7-8)11(15)13(2)5-6-14/h3-4,7,14H,5-6H2,1-2H3. The fraction of sp³-hybridized carbons (Fsp3) is 0.364. The molecule has 4 heteroatoms. The van der Waals surface area contributed by atoms with Crippen LogP contribution in [0.15, 0.2) is 18.2 Å². The van der Waals surface area contributed by atoms with E-state index in [1.807, 2.05) is 25.1 Å². The van der Waals surface area contributed by atoms with Crippen LogP contribution in [-0.4, -0.2) is 36.1 Å². The highest BCUT2D eigenvalue weighted by molar-refractivity contribution is 14.1. The average molecular weight is 319 g/mol. The molecule has 0 spiro atoms. The Kier molecular flexibility index (Phi) is 4.53. The van der Waals surface area contributed by atoms with Gasteiger partial charge in [-0.2, -0.15) is 0 Å². The molecule has 0 aromatic heterocycles. The van der Waals surface area contributed by atoms with Crippen molar-refractivity contribution in [3.63, 3.8) is 0 Å². The number of halogens is 1. The van der Waals surface area contributed by atoms with Crippen molar-refractivity contribution < 1.29 is 9.90 Å². The molecule has 82 valence electrons. The summed E-state index contributed by atoms with van der Waals surface area (Å²) in [6, 6.07) is 5.78. The van der Waals surface area contributed by atoms with Crippen LogP contribution in [0.25, 0.3) is 0 Å². The van der Waals surface area contributed by atoms with Gasteiger partial charge in [0.2, 0.25) is 0 Å². The molecule has 0 atom stereocenters. The molecule has 0 saturated heterocycles. The average Bonchev–Trinajstić information content (AvgIpc) is 2.21. The summed E-state index contributed by atoms with van der Waals surface area (Å²) < 4.78 is 0.938. The number of hydrogen-bond donors (Lipinski definition) is 1. The predicted octanol–water partition coefficient (Wildman–Crippen LogP) is 1.66. The summed E-state index contributed by atoms with van der Waals surface area (Å²) in [6.45, 7) is 2.31. The first-order chi connectivity index (χ1) is 7.06. The van der Waals surface area contributed by atoms with Crippen LogP contribution in [0.5, 0.6) is 0 Å². The van der Waals surface area contributed by atoms with Crippen LogP contribution in [0.4, 0.5) is 0 Å². The van der Waals surface area contributed by atoms with Crippen molar-refractivity contribution in [3.05, 3.63) is 32.9 Å². The van der Waals surface area contributed by atoms with Gasteiger partial charge in [0.25, 0.3) is 5.91 Å². The number of hydrogen-bond acceptors (Lipinski definition) is 2. The molecule has 0 bridgehead atoms. The topological polar surface area (TPSA) is 40.5 Å². The summed E-state index contributed by atoms with van der Waals surface area (Å²) in [4.78, 5) is 13.4. The van der Waals surface area contributed by atoms with E-state index in [1.165, 1.54) is 4.90 Å². The predicted molar refractivity (Wildman–Crippen MR) is 67.9 cm³/mol. The number of benzene rings is 1. The minimum Gasteiger partial charge on any atom is -0.395 e. The maximum absolute atomic E-state index is 11.9. The first-order valence-electron chi connectivity index (χ1n) is 4.68. The molecule has 0 aliphatic rings. The second-order valence-corrected chi connectivity index (χ2v) is 4.60. The Balaban J connectivity index is 2.95. The second-order valence-electron chi connectivity index (χ2n) is 3.43. The molecule has 0 saturated carbocycles. The molecule has 0 fully saturated rings. The molecular formula is C11H14INO2. The minimum absolute atomic E-state index is 0.00929. The normalized spacial score (nSPS) is 10.1. The van der Waals surface area contributed by atoms with Gasteiger partial charge in [0.1, 0.15) is 0 Å². The number of likely N-dealkylation sites (N-methyl/N-ethyl adjacent to an activating group) is 1. The third-order valence-corrected chi connectivity index (χ3v) is 3.08. The number of carbonyl (C=O) groups is 1. The number of rotatable bonds is 3. The van der Waals surface area contributed by atoms with Crippen molar-refractivity contribution in [2.75, 3.05) is 20.2 Å². The van der Waals surface area contributed by atoms with Crippen molar-refractivity contribution in [2.45, 2.75) is 6.92 Å². The number of aryl methyl sites for hydroxylation is 1. The van der Waals surface area contributed by atoms with E-state index >= 15 is 0 Å². The lowest BCUT2D eigenvalue weighted by Crippen LogP contribution is -2.30. The third-order valence-electron chi connectivity index (χ3n) is 2.13. The number of amides is 1. The summed E-state index contributed by atoms with van der Waals surface area (Å²) in [6.07, 6.45) is 0. The highest BCUT2D eigenvalue weighted by Crippen LogP contribution is 2.15. The van der Waals surface area contributed by atoms with Crippen molar-refractivity contribution in [1.82, 2.24) is 4.90 Å². The van der Waals surface area contributed by atoms with Gasteiger partial charge in [-0.1, -0.05) is 11.6 Å². The van der Waals surface area contributed by atoms with E-state index in [4.69, 9.17) is 5.11 Å². The fourth-order valence-corrected chi connectivity index (χ4v) is 1.83. The zero-order valence-electron chi connectivity index (χ0n) is 8.83. The van der Waals surface area contributed by atoms with Gasteiger partial charge in [-0.25, -0.2) is 0 Å². The molecule has 0 heterocycles. The maximum Gasteiger partial charge on any atom is 0.254 e. The fourth-order valence-electron chi connectivity index (χ4n) is 1.26. The van der Waals surface area contributed by atoms with Gasteiger partial charge in [0.05, 0.1) is 12.2 Å². The van der Waals surface area contributed by atoms with Crippen LogP contribution in [0, 0.1) is 10.5 Å². The highest BCUT2D eigenvalue weighted by atomic mass is 127. The molecule has 1 aromatic carbocycles. The third kappa shape index (κ3) is 3.17. The largest absolute Gasteiger partial charge is 0.395 e. The second kappa shape index (κ2) is 5.46. The van der Waals surface area contributed by atoms with Crippen molar-refractivity contribution >= 4 is 28.5 Å². The smallest absolute Gasteiger partial charge is 0.254 e. The molecule has 1 amide bonds. The Bertz CT molecular complexity index is 366. The van der Waals surface area contributed by atoms with Gasteiger partial charge in [0, 0.05) is 17.2 Å². The van der Waals surface area contributed by atoms with Crippen LogP contribution in [-0.2, 0) is 0 Å². The highest BCUT2D eigenvalue weighted by Gasteiger charge is 2.14. The van der Waals surface area contributed by atoms with Crippen LogP contribution >= 0.6 is 22.6 Å². The summed E-state index contributed by atoms with van der Waals surface area (Å²) >= 11 is 2.14. The van der Waals surface area contributed by atoms with E-state index in [-0.39, 0.29) is 12.5 Å². The lowest BCUT2D eigenvalue weighted by atomic mass is 10.1. The molecule has 15 heavy (non-hydrogen) atoms. The van der Waals surface area contributed by atoms with E-state index in [2.05, 4.69) is 22.6 Å². The number of nitrogens with zero attached hydrogens (tertiary/aromatic N) is 1. The molecule has 1 N–H and O–H groups in total. The van der Waals surface area contributed by atoms with Crippen molar-refractivity contribution in [3.8, 4) is 0 Å². The minimum atomic E-state index is -0.0443. The Labute approximate surface area is 103 Å². The van der Waals surface area contributed by atoms with Gasteiger partial charge >= 0.3 is 0 Å². The SMILES string of the molecule is Cc1ccc(I)c(C(=O)N(C)CCO)c1. The Morgan fingerprint density at radius 1 is 1.53 bits per heavy atom. The zero-order chi connectivity index (χ0) is 11.4. The van der Waals surface area contributed by atoms with Gasteiger partial charge in [-0.3, -0.25) is 4.79 Å². The Morgan fingerprint density at radius 3 is 2.80 bits per heavy atom. The van der Waals surface area contributed by atoms with E-state index in [9.17, 15) is 4.79 Å². The van der Waals surface area contributed by atoms with Gasteiger partial charge in [-0.05, 0) is 41.6 Å².